The van der Waals surface area contributed by atoms with Crippen molar-refractivity contribution in [1.29, 1.82) is 4.78 Å². The number of piperazine rings is 1. The number of ether oxygens (including phenoxy) is 1. The van der Waals surface area contributed by atoms with E-state index in [0.29, 0.717) is 38.3 Å². The number of anilines is 3. The molecule has 2 aromatic carbocycles. The summed E-state index contributed by atoms with van der Waals surface area (Å²) >= 11 is 0. The maximum atomic E-state index is 15.1. The van der Waals surface area contributed by atoms with Crippen LogP contribution in [0.1, 0.15) is 70.2 Å². The fourth-order valence-corrected chi connectivity index (χ4v) is 6.90. The van der Waals surface area contributed by atoms with Crippen LogP contribution in [0.15, 0.2) is 41.3 Å². The van der Waals surface area contributed by atoms with Crippen LogP contribution in [-0.4, -0.2) is 80.4 Å². The Morgan fingerprint density at radius 2 is 1.64 bits per heavy atom. The van der Waals surface area contributed by atoms with Gasteiger partial charge in [-0.1, -0.05) is 32.6 Å². The van der Waals surface area contributed by atoms with Crippen LogP contribution in [0.5, 0.6) is 0 Å². The van der Waals surface area contributed by atoms with Gasteiger partial charge in [0.1, 0.15) is 11.4 Å². The molecule has 1 aliphatic rings. The lowest BCUT2D eigenvalue weighted by atomic mass is 10.1. The van der Waals surface area contributed by atoms with Gasteiger partial charge in [0.25, 0.3) is 5.91 Å². The van der Waals surface area contributed by atoms with Crippen molar-refractivity contribution in [3.63, 3.8) is 0 Å². The second-order valence-electron chi connectivity index (χ2n) is 12.3. The quantitative estimate of drug-likeness (QED) is 0.268. The monoisotopic (exact) mass is 667 g/mol. The van der Waals surface area contributed by atoms with Crippen molar-refractivity contribution in [3.8, 4) is 0 Å². The van der Waals surface area contributed by atoms with Crippen LogP contribution < -0.4 is 14.5 Å². The average molecular weight is 668 g/mol. The molecule has 11 nitrogen and oxygen atoms in total. The van der Waals surface area contributed by atoms with Crippen LogP contribution >= 0.6 is 0 Å². The molecule has 0 saturated carbocycles. The number of benzene rings is 2. The molecule has 1 unspecified atom stereocenters. The van der Waals surface area contributed by atoms with E-state index in [1.165, 1.54) is 25.2 Å². The summed E-state index contributed by atoms with van der Waals surface area (Å²) in [4.78, 5) is 29.4. The molecule has 0 bridgehead atoms. The first-order chi connectivity index (χ1) is 20.9. The number of nitrogens with one attached hydrogen (secondary N) is 2. The number of carbonyl (C=O) groups excluding carboxylic acids is 2. The van der Waals surface area contributed by atoms with E-state index in [0.717, 1.165) is 42.3 Å². The molecule has 1 aliphatic heterocycles. The molecule has 0 aromatic heterocycles. The molecule has 45 heavy (non-hydrogen) atoms. The normalized spacial score (nSPS) is 15.4. The zero-order valence-electron chi connectivity index (χ0n) is 27.0. The van der Waals surface area contributed by atoms with E-state index in [9.17, 15) is 22.2 Å². The molecular formula is C31H46FN5O6S2. The third-order valence-corrected chi connectivity index (χ3v) is 10.5. The molecular weight excluding hydrogens is 622 g/mol. The molecule has 0 spiro atoms. The highest BCUT2D eigenvalue weighted by Crippen LogP contribution is 2.30. The zero-order valence-corrected chi connectivity index (χ0v) is 28.7. The van der Waals surface area contributed by atoms with Crippen LogP contribution in [0.3, 0.4) is 0 Å². The first-order valence-corrected chi connectivity index (χ1v) is 18.7. The van der Waals surface area contributed by atoms with Gasteiger partial charge in [0, 0.05) is 50.4 Å². The Kier molecular flexibility index (Phi) is 11.9. The molecule has 2 N–H and O–H groups in total. The van der Waals surface area contributed by atoms with Crippen molar-refractivity contribution in [2.24, 2.45) is 0 Å². The zero-order chi connectivity index (χ0) is 33.6. The van der Waals surface area contributed by atoms with Gasteiger partial charge in [0.05, 0.1) is 32.1 Å². The van der Waals surface area contributed by atoms with Crippen molar-refractivity contribution in [1.82, 2.24) is 4.90 Å². The summed E-state index contributed by atoms with van der Waals surface area (Å²) in [6.45, 7) is 9.19. The van der Waals surface area contributed by atoms with Gasteiger partial charge in [-0.3, -0.25) is 9.10 Å². The highest BCUT2D eigenvalue weighted by molar-refractivity contribution is 7.92. The molecule has 2 amide bonds. The van der Waals surface area contributed by atoms with Gasteiger partial charge in [0.2, 0.25) is 10.0 Å². The number of rotatable bonds is 12. The van der Waals surface area contributed by atoms with E-state index in [-0.39, 0.29) is 27.6 Å². The van der Waals surface area contributed by atoms with Gasteiger partial charge in [0.15, 0.2) is 0 Å². The minimum Gasteiger partial charge on any atom is -0.444 e. The summed E-state index contributed by atoms with van der Waals surface area (Å²) in [5, 5.41) is 2.62. The van der Waals surface area contributed by atoms with Crippen molar-refractivity contribution >= 4 is 48.8 Å². The summed E-state index contributed by atoms with van der Waals surface area (Å²) in [5.41, 5.74) is 0.263. The fourth-order valence-electron chi connectivity index (χ4n) is 4.89. The molecule has 1 atom stereocenters. The SMILES string of the molecule is CCCCCCCS(=N)(=O)c1ccc(NC(=O)c2cc(N3CCN(C(=O)OC(C)(C)C)CC3)ccc2N(C)S(C)(=O)=O)cc1F. The average Bonchev–Trinajstić information content (AvgIpc) is 2.95. The third kappa shape index (κ3) is 10.1. The smallest absolute Gasteiger partial charge is 0.410 e. The van der Waals surface area contributed by atoms with E-state index in [1.807, 2.05) is 4.90 Å². The van der Waals surface area contributed by atoms with Gasteiger partial charge in [-0.15, -0.1) is 0 Å². The molecule has 0 aliphatic carbocycles. The van der Waals surface area contributed by atoms with Crippen molar-refractivity contribution in [3.05, 3.63) is 47.8 Å². The topological polar surface area (TPSA) is 140 Å². The number of carbonyl (C=O) groups is 2. The highest BCUT2D eigenvalue weighted by Gasteiger charge is 2.28. The van der Waals surface area contributed by atoms with Crippen molar-refractivity contribution in [2.75, 3.05) is 59.8 Å². The van der Waals surface area contributed by atoms with Crippen LogP contribution in [0.2, 0.25) is 0 Å². The van der Waals surface area contributed by atoms with E-state index in [1.54, 1.807) is 37.8 Å². The molecule has 250 valence electrons. The number of unbranched alkanes of at least 4 members (excludes halogenated alkanes) is 4. The predicted molar refractivity (Wildman–Crippen MR) is 177 cm³/mol. The molecule has 2 aromatic rings. The summed E-state index contributed by atoms with van der Waals surface area (Å²) in [6, 6.07) is 8.48. The second kappa shape index (κ2) is 14.8. The Labute approximate surface area is 267 Å². The lowest BCUT2D eigenvalue weighted by Gasteiger charge is -2.37. The molecule has 0 radical (unpaired) electrons. The Morgan fingerprint density at radius 1 is 1.00 bits per heavy atom. The summed E-state index contributed by atoms with van der Waals surface area (Å²) in [5.74, 6) is -1.48. The maximum absolute atomic E-state index is 15.1. The number of nitrogens with zero attached hydrogens (tertiary/aromatic N) is 3. The number of hydrogen-bond donors (Lipinski definition) is 2. The number of hydrogen-bond acceptors (Lipinski definition) is 8. The van der Waals surface area contributed by atoms with Crippen LogP contribution in [-0.2, 0) is 24.5 Å². The van der Waals surface area contributed by atoms with Crippen LogP contribution in [0.4, 0.5) is 26.2 Å². The largest absolute Gasteiger partial charge is 0.444 e. The molecule has 1 fully saturated rings. The van der Waals surface area contributed by atoms with Gasteiger partial charge in [-0.2, -0.15) is 0 Å². The number of sulfonamides is 1. The summed E-state index contributed by atoms with van der Waals surface area (Å²) < 4.78 is 67.6. The predicted octanol–water partition coefficient (Wildman–Crippen LogP) is 5.91. The summed E-state index contributed by atoms with van der Waals surface area (Å²) in [7, 11) is -5.74. The van der Waals surface area contributed by atoms with Gasteiger partial charge in [-0.05, 0) is 63.6 Å². The molecule has 1 heterocycles. The number of amides is 2. The van der Waals surface area contributed by atoms with Crippen LogP contribution in [0, 0.1) is 10.6 Å². The van der Waals surface area contributed by atoms with Crippen molar-refractivity contribution in [2.45, 2.75) is 70.3 Å². The molecule has 3 rings (SSSR count). The van der Waals surface area contributed by atoms with Gasteiger partial charge >= 0.3 is 6.09 Å². The first kappa shape index (κ1) is 36.1. The first-order valence-electron chi connectivity index (χ1n) is 15.1. The maximum Gasteiger partial charge on any atom is 0.410 e. The lowest BCUT2D eigenvalue weighted by Crippen LogP contribution is -2.50. The number of halogens is 1. The third-order valence-electron chi connectivity index (χ3n) is 7.44. The summed E-state index contributed by atoms with van der Waals surface area (Å²) in [6.07, 6.45) is 5.08. The standard InChI is InChI=1S/C31H46FN5O6S2/c1-7-8-9-10-11-20-45(33,42)28-15-12-23(21-26(28)32)34-29(38)25-22-24(13-14-27(25)35(5)44(6,40)41)36-16-18-37(19-17-36)30(39)43-31(2,3)4/h12-15,21-22,33H,7-11,16-20H2,1-6H3,(H,34,38). The lowest BCUT2D eigenvalue weighted by molar-refractivity contribution is 0.0240. The van der Waals surface area contributed by atoms with E-state index in [2.05, 4.69) is 12.2 Å². The molecule has 1 saturated heterocycles. The Balaban J connectivity index is 1.81. The fraction of sp³-hybridized carbons (Fsp3) is 0.548. The Morgan fingerprint density at radius 3 is 2.22 bits per heavy atom. The minimum atomic E-state index is -3.73. The Hall–Kier alpha value is -3.39. The van der Waals surface area contributed by atoms with E-state index < -0.39 is 43.2 Å². The van der Waals surface area contributed by atoms with Gasteiger partial charge in [-0.25, -0.2) is 26.6 Å². The Bertz CT molecular complexity index is 1580. The highest BCUT2D eigenvalue weighted by atomic mass is 32.2. The molecule has 14 heteroatoms. The minimum absolute atomic E-state index is 0.0378. The van der Waals surface area contributed by atoms with E-state index >= 15 is 4.39 Å². The van der Waals surface area contributed by atoms with E-state index in [4.69, 9.17) is 9.52 Å². The van der Waals surface area contributed by atoms with Crippen molar-refractivity contribution < 1.29 is 31.3 Å². The second-order valence-corrected chi connectivity index (χ2v) is 16.5. The van der Waals surface area contributed by atoms with Gasteiger partial charge < -0.3 is 19.9 Å². The van der Waals surface area contributed by atoms with Crippen LogP contribution in [0.25, 0.3) is 0 Å².